The molecule has 3 heterocycles. The second kappa shape index (κ2) is 6.19. The van der Waals surface area contributed by atoms with E-state index in [9.17, 15) is 0 Å². The highest BCUT2D eigenvalue weighted by Gasteiger charge is 2.29. The van der Waals surface area contributed by atoms with Crippen LogP contribution >= 0.6 is 11.6 Å². The summed E-state index contributed by atoms with van der Waals surface area (Å²) in [6, 6.07) is 9.30. The molecule has 23 heavy (non-hydrogen) atoms. The number of nitrogens with one attached hydrogen (secondary N) is 1. The molecule has 1 atom stereocenters. The Balaban J connectivity index is 1.60. The third-order valence-electron chi connectivity index (χ3n) is 4.83. The molecule has 1 aromatic carbocycles. The van der Waals surface area contributed by atoms with Gasteiger partial charge in [0.15, 0.2) is 0 Å². The lowest BCUT2D eigenvalue weighted by molar-refractivity contribution is 0.152. The molecule has 4 nitrogen and oxygen atoms in total. The first-order chi connectivity index (χ1) is 11.2. The van der Waals surface area contributed by atoms with E-state index >= 15 is 0 Å². The Morgan fingerprint density at radius 1 is 1.26 bits per heavy atom. The van der Waals surface area contributed by atoms with Gasteiger partial charge >= 0.3 is 0 Å². The number of fused-ring (bicyclic) bond motifs is 3. The summed E-state index contributed by atoms with van der Waals surface area (Å²) < 4.78 is 0. The lowest BCUT2D eigenvalue weighted by Gasteiger charge is -2.41. The Hall–Kier alpha value is -1.49. The van der Waals surface area contributed by atoms with Crippen LogP contribution in [0.1, 0.15) is 34.3 Å². The molecule has 0 unspecified atom stereocenters. The second-order valence-electron chi connectivity index (χ2n) is 6.45. The molecule has 2 aliphatic rings. The van der Waals surface area contributed by atoms with E-state index in [4.69, 9.17) is 11.6 Å². The van der Waals surface area contributed by atoms with Crippen molar-refractivity contribution in [1.82, 2.24) is 20.2 Å². The highest BCUT2D eigenvalue weighted by atomic mass is 35.5. The van der Waals surface area contributed by atoms with Crippen molar-refractivity contribution in [2.45, 2.75) is 25.8 Å². The molecular weight excluding hydrogens is 308 g/mol. The van der Waals surface area contributed by atoms with Crippen LogP contribution in [0.5, 0.6) is 0 Å². The number of hydrogen-bond donors (Lipinski definition) is 1. The Kier molecular flexibility index (Phi) is 4.05. The van der Waals surface area contributed by atoms with Crippen LogP contribution in [0.3, 0.4) is 0 Å². The maximum atomic E-state index is 6.04. The standard InChI is InChI=1S/C18H21ClN4/c1-12-21-15(10-18(19)22-12)9-13-2-3-16-14(8-13)4-6-23-7-5-20-11-17(16)23/h2-3,8,10,17,20H,4-7,9,11H2,1H3/t17-/m0/s1. The van der Waals surface area contributed by atoms with Crippen LogP contribution in [0.15, 0.2) is 24.3 Å². The molecule has 5 heteroatoms. The summed E-state index contributed by atoms with van der Waals surface area (Å²) in [6.07, 6.45) is 1.95. The van der Waals surface area contributed by atoms with E-state index in [0.717, 1.165) is 44.0 Å². The van der Waals surface area contributed by atoms with Gasteiger partial charge < -0.3 is 5.32 Å². The minimum Gasteiger partial charge on any atom is -0.314 e. The maximum Gasteiger partial charge on any atom is 0.133 e. The fraction of sp³-hybridized carbons (Fsp3) is 0.444. The van der Waals surface area contributed by atoms with E-state index in [-0.39, 0.29) is 0 Å². The van der Waals surface area contributed by atoms with Crippen molar-refractivity contribution < 1.29 is 0 Å². The number of rotatable bonds is 2. The molecular formula is C18H21ClN4. The molecule has 1 fully saturated rings. The summed E-state index contributed by atoms with van der Waals surface area (Å²) in [5.41, 5.74) is 5.27. The topological polar surface area (TPSA) is 41.1 Å². The van der Waals surface area contributed by atoms with Crippen molar-refractivity contribution >= 4 is 11.6 Å². The average molecular weight is 329 g/mol. The smallest absolute Gasteiger partial charge is 0.133 e. The van der Waals surface area contributed by atoms with Crippen LogP contribution in [0, 0.1) is 6.92 Å². The number of benzene rings is 1. The Bertz CT molecular complexity index is 711. The largest absolute Gasteiger partial charge is 0.314 e. The normalized spacial score (nSPS) is 20.9. The van der Waals surface area contributed by atoms with E-state index in [1.54, 1.807) is 0 Å². The summed E-state index contributed by atoms with van der Waals surface area (Å²) in [4.78, 5) is 11.2. The highest BCUT2D eigenvalue weighted by Crippen LogP contribution is 2.31. The van der Waals surface area contributed by atoms with E-state index in [2.05, 4.69) is 38.4 Å². The van der Waals surface area contributed by atoms with Gasteiger partial charge in [-0.15, -0.1) is 0 Å². The molecule has 1 aromatic heterocycles. The predicted molar refractivity (Wildman–Crippen MR) is 91.9 cm³/mol. The third-order valence-corrected chi connectivity index (χ3v) is 5.03. The Morgan fingerprint density at radius 3 is 3.04 bits per heavy atom. The van der Waals surface area contributed by atoms with Crippen molar-refractivity contribution in [1.29, 1.82) is 0 Å². The fourth-order valence-corrected chi connectivity index (χ4v) is 4.03. The molecule has 2 aliphatic heterocycles. The van der Waals surface area contributed by atoms with Gasteiger partial charge in [0.2, 0.25) is 0 Å². The summed E-state index contributed by atoms with van der Waals surface area (Å²) in [5, 5.41) is 4.04. The van der Waals surface area contributed by atoms with Crippen LogP contribution in [0.4, 0.5) is 0 Å². The summed E-state index contributed by atoms with van der Waals surface area (Å²) in [6.45, 7) is 6.38. The number of aryl methyl sites for hydroxylation is 1. The van der Waals surface area contributed by atoms with Crippen molar-refractivity contribution in [2.75, 3.05) is 26.2 Å². The summed E-state index contributed by atoms with van der Waals surface area (Å²) in [5.74, 6) is 0.731. The minimum atomic E-state index is 0.523. The van der Waals surface area contributed by atoms with Gasteiger partial charge in [-0.2, -0.15) is 0 Å². The maximum absolute atomic E-state index is 6.04. The zero-order chi connectivity index (χ0) is 15.8. The molecule has 2 aromatic rings. The van der Waals surface area contributed by atoms with Crippen LogP contribution in [0.2, 0.25) is 5.15 Å². The fourth-order valence-electron chi connectivity index (χ4n) is 3.78. The molecule has 1 N–H and O–H groups in total. The highest BCUT2D eigenvalue weighted by molar-refractivity contribution is 6.29. The molecule has 0 saturated carbocycles. The molecule has 0 bridgehead atoms. The molecule has 0 amide bonds. The molecule has 0 spiro atoms. The number of hydrogen-bond acceptors (Lipinski definition) is 4. The molecule has 0 aliphatic carbocycles. The van der Waals surface area contributed by atoms with Gasteiger partial charge in [0.05, 0.1) is 0 Å². The third kappa shape index (κ3) is 3.11. The first-order valence-corrected chi connectivity index (χ1v) is 8.63. The summed E-state index contributed by atoms with van der Waals surface area (Å²) >= 11 is 6.04. The minimum absolute atomic E-state index is 0.523. The quantitative estimate of drug-likeness (QED) is 0.860. The van der Waals surface area contributed by atoms with Crippen LogP contribution in [-0.4, -0.2) is 41.0 Å². The molecule has 1 saturated heterocycles. The van der Waals surface area contributed by atoms with Crippen LogP contribution < -0.4 is 5.32 Å². The van der Waals surface area contributed by atoms with E-state index in [1.807, 2.05) is 13.0 Å². The van der Waals surface area contributed by atoms with Crippen LogP contribution in [0.25, 0.3) is 0 Å². The van der Waals surface area contributed by atoms with Gasteiger partial charge in [0, 0.05) is 44.3 Å². The van der Waals surface area contributed by atoms with E-state index in [1.165, 1.54) is 23.2 Å². The van der Waals surface area contributed by atoms with Gasteiger partial charge in [0.1, 0.15) is 11.0 Å². The van der Waals surface area contributed by atoms with Gasteiger partial charge in [-0.05, 0) is 36.1 Å². The second-order valence-corrected chi connectivity index (χ2v) is 6.83. The monoisotopic (exact) mass is 328 g/mol. The first-order valence-electron chi connectivity index (χ1n) is 8.25. The van der Waals surface area contributed by atoms with E-state index < -0.39 is 0 Å². The Morgan fingerprint density at radius 2 is 2.17 bits per heavy atom. The van der Waals surface area contributed by atoms with Gasteiger partial charge in [-0.1, -0.05) is 29.8 Å². The SMILES string of the molecule is Cc1nc(Cl)cc(Cc2ccc3c(c2)CCN2CCNC[C@@H]32)n1. The first kappa shape index (κ1) is 15.1. The van der Waals surface area contributed by atoms with E-state index in [0.29, 0.717) is 11.2 Å². The van der Waals surface area contributed by atoms with Gasteiger partial charge in [-0.25, -0.2) is 9.97 Å². The molecule has 120 valence electrons. The van der Waals surface area contributed by atoms with Crippen molar-refractivity contribution in [3.05, 3.63) is 57.6 Å². The summed E-state index contributed by atoms with van der Waals surface area (Å²) in [7, 11) is 0. The zero-order valence-electron chi connectivity index (χ0n) is 13.3. The van der Waals surface area contributed by atoms with Gasteiger partial charge in [-0.3, -0.25) is 4.90 Å². The zero-order valence-corrected chi connectivity index (χ0v) is 14.1. The lowest BCUT2D eigenvalue weighted by Crippen LogP contribution is -2.48. The number of piperazine rings is 1. The molecule has 4 rings (SSSR count). The number of halogens is 1. The van der Waals surface area contributed by atoms with Crippen LogP contribution in [-0.2, 0) is 12.8 Å². The van der Waals surface area contributed by atoms with Crippen molar-refractivity contribution in [2.24, 2.45) is 0 Å². The number of aromatic nitrogens is 2. The van der Waals surface area contributed by atoms with Crippen molar-refractivity contribution in [3.8, 4) is 0 Å². The van der Waals surface area contributed by atoms with Gasteiger partial charge in [0.25, 0.3) is 0 Å². The van der Waals surface area contributed by atoms with Crippen molar-refractivity contribution in [3.63, 3.8) is 0 Å². The lowest BCUT2D eigenvalue weighted by atomic mass is 9.89. The number of nitrogens with zero attached hydrogens (tertiary/aromatic N) is 3. The predicted octanol–water partition coefficient (Wildman–Crippen LogP) is 2.53. The average Bonchev–Trinajstić information content (AvgIpc) is 2.53. The molecule has 0 radical (unpaired) electrons. The Labute approximate surface area is 141 Å².